The highest BCUT2D eigenvalue weighted by Crippen LogP contribution is 2.10. The zero-order valence-electron chi connectivity index (χ0n) is 14.3. The molecular formula is C16H31IN4S. The van der Waals surface area contributed by atoms with Gasteiger partial charge in [0.25, 0.3) is 0 Å². The molecule has 1 heterocycles. The Morgan fingerprint density at radius 1 is 1.27 bits per heavy atom. The monoisotopic (exact) mass is 438 g/mol. The van der Waals surface area contributed by atoms with Crippen molar-refractivity contribution in [3.05, 3.63) is 16.1 Å². The number of aliphatic imine (C=N–C) groups is 1. The van der Waals surface area contributed by atoms with E-state index in [-0.39, 0.29) is 24.0 Å². The molecule has 6 heteroatoms. The maximum Gasteiger partial charge on any atom is 0.191 e. The van der Waals surface area contributed by atoms with Gasteiger partial charge in [0.2, 0.25) is 0 Å². The van der Waals surface area contributed by atoms with E-state index in [1.807, 2.05) is 6.92 Å². The van der Waals surface area contributed by atoms with Crippen molar-refractivity contribution in [2.24, 2.45) is 10.9 Å². The van der Waals surface area contributed by atoms with E-state index in [1.165, 1.54) is 17.8 Å². The second-order valence-corrected chi connectivity index (χ2v) is 6.26. The van der Waals surface area contributed by atoms with Gasteiger partial charge in [-0.15, -0.1) is 35.3 Å². The quantitative estimate of drug-likeness (QED) is 0.265. The summed E-state index contributed by atoms with van der Waals surface area (Å²) >= 11 is 1.75. The molecule has 0 unspecified atom stereocenters. The molecule has 0 radical (unpaired) electrons. The Kier molecular flexibility index (Phi) is 12.9. The zero-order valence-corrected chi connectivity index (χ0v) is 17.5. The number of aryl methyl sites for hydroxylation is 2. The van der Waals surface area contributed by atoms with Crippen LogP contribution in [0.2, 0.25) is 0 Å². The summed E-state index contributed by atoms with van der Waals surface area (Å²) < 4.78 is 0. The third-order valence-electron chi connectivity index (χ3n) is 3.53. The number of rotatable bonds is 9. The molecule has 0 fully saturated rings. The van der Waals surface area contributed by atoms with Crippen LogP contribution in [0.15, 0.2) is 10.4 Å². The van der Waals surface area contributed by atoms with E-state index >= 15 is 0 Å². The summed E-state index contributed by atoms with van der Waals surface area (Å²) in [5.74, 6) is 1.64. The highest BCUT2D eigenvalue weighted by molar-refractivity contribution is 14.0. The maximum atomic E-state index is 4.69. The summed E-state index contributed by atoms with van der Waals surface area (Å²) in [6, 6.07) is 0. The van der Waals surface area contributed by atoms with Crippen LogP contribution in [0.4, 0.5) is 0 Å². The number of nitrogens with one attached hydrogen (secondary N) is 2. The van der Waals surface area contributed by atoms with E-state index in [1.54, 1.807) is 11.3 Å². The van der Waals surface area contributed by atoms with Crippen LogP contribution < -0.4 is 10.6 Å². The van der Waals surface area contributed by atoms with Gasteiger partial charge >= 0.3 is 0 Å². The Labute approximate surface area is 156 Å². The molecule has 0 saturated heterocycles. The topological polar surface area (TPSA) is 49.3 Å². The van der Waals surface area contributed by atoms with Crippen LogP contribution in [-0.2, 0) is 6.42 Å². The van der Waals surface area contributed by atoms with E-state index in [0.717, 1.165) is 44.1 Å². The highest BCUT2D eigenvalue weighted by atomic mass is 127. The lowest BCUT2D eigenvalue weighted by molar-refractivity contribution is 0.504. The first kappa shape index (κ1) is 21.6. The Bertz CT molecular complexity index is 416. The van der Waals surface area contributed by atoms with Gasteiger partial charge in [0, 0.05) is 37.1 Å². The third-order valence-corrected chi connectivity index (χ3v) is 4.56. The second kappa shape index (κ2) is 13.1. The molecule has 4 nitrogen and oxygen atoms in total. The van der Waals surface area contributed by atoms with Gasteiger partial charge in [0.15, 0.2) is 5.96 Å². The smallest absolute Gasteiger partial charge is 0.191 e. The van der Waals surface area contributed by atoms with Crippen LogP contribution in [0.3, 0.4) is 0 Å². The van der Waals surface area contributed by atoms with Gasteiger partial charge < -0.3 is 10.6 Å². The SMILES string of the molecule is CCNC(=NCC(CC)CC)NCCCc1nc(C)cs1.I. The summed E-state index contributed by atoms with van der Waals surface area (Å²) in [5, 5.41) is 10.1. The minimum Gasteiger partial charge on any atom is -0.357 e. The van der Waals surface area contributed by atoms with Crippen LogP contribution in [0.5, 0.6) is 0 Å². The molecule has 1 rings (SSSR count). The number of aromatic nitrogens is 1. The molecule has 22 heavy (non-hydrogen) atoms. The molecule has 0 saturated carbocycles. The Morgan fingerprint density at radius 2 is 2.00 bits per heavy atom. The number of hydrogen-bond acceptors (Lipinski definition) is 3. The standard InChI is InChI=1S/C16H30N4S.HI/c1-5-14(6-2)11-19-16(17-7-3)18-10-8-9-15-20-13(4)12-21-15;/h12,14H,5-11H2,1-4H3,(H2,17,18,19);1H. The van der Waals surface area contributed by atoms with E-state index in [0.29, 0.717) is 5.92 Å². The lowest BCUT2D eigenvalue weighted by atomic mass is 10.0. The summed E-state index contributed by atoms with van der Waals surface area (Å²) in [6.45, 7) is 11.4. The van der Waals surface area contributed by atoms with Gasteiger partial charge in [0.1, 0.15) is 0 Å². The predicted molar refractivity (Wildman–Crippen MR) is 109 cm³/mol. The first-order valence-corrected chi connectivity index (χ1v) is 9.00. The Morgan fingerprint density at radius 3 is 2.55 bits per heavy atom. The number of guanidine groups is 1. The normalized spacial score (nSPS) is 11.4. The average Bonchev–Trinajstić information content (AvgIpc) is 2.90. The molecule has 2 N–H and O–H groups in total. The Hall–Kier alpha value is -0.370. The van der Waals surface area contributed by atoms with Crippen molar-refractivity contribution in [3.63, 3.8) is 0 Å². The molecule has 1 aromatic heterocycles. The number of hydrogen-bond donors (Lipinski definition) is 2. The molecule has 0 amide bonds. The average molecular weight is 438 g/mol. The lowest BCUT2D eigenvalue weighted by Crippen LogP contribution is -2.38. The van der Waals surface area contributed by atoms with Gasteiger partial charge in [-0.2, -0.15) is 0 Å². The predicted octanol–water partition coefficient (Wildman–Crippen LogP) is 3.99. The van der Waals surface area contributed by atoms with Crippen molar-refractivity contribution < 1.29 is 0 Å². The summed E-state index contributed by atoms with van der Waals surface area (Å²) in [7, 11) is 0. The van der Waals surface area contributed by atoms with E-state index in [4.69, 9.17) is 0 Å². The fourth-order valence-corrected chi connectivity index (χ4v) is 2.89. The number of thiazole rings is 1. The lowest BCUT2D eigenvalue weighted by Gasteiger charge is -2.13. The largest absolute Gasteiger partial charge is 0.357 e. The van der Waals surface area contributed by atoms with Crippen molar-refractivity contribution in [1.82, 2.24) is 15.6 Å². The van der Waals surface area contributed by atoms with Crippen molar-refractivity contribution in [3.8, 4) is 0 Å². The molecule has 0 aromatic carbocycles. The Balaban J connectivity index is 0.00000441. The van der Waals surface area contributed by atoms with Gasteiger partial charge in [0.05, 0.1) is 5.01 Å². The summed E-state index contributed by atoms with van der Waals surface area (Å²) in [5.41, 5.74) is 1.13. The van der Waals surface area contributed by atoms with E-state index in [9.17, 15) is 0 Å². The minimum atomic E-state index is 0. The molecule has 0 bridgehead atoms. The number of nitrogens with zero attached hydrogens (tertiary/aromatic N) is 2. The fourth-order valence-electron chi connectivity index (χ4n) is 2.07. The van der Waals surface area contributed by atoms with Crippen molar-refractivity contribution >= 4 is 41.3 Å². The van der Waals surface area contributed by atoms with Crippen LogP contribution in [-0.4, -0.2) is 30.6 Å². The van der Waals surface area contributed by atoms with Crippen LogP contribution in [0.1, 0.15) is 50.7 Å². The molecular weight excluding hydrogens is 407 g/mol. The molecule has 0 aliphatic heterocycles. The van der Waals surface area contributed by atoms with E-state index < -0.39 is 0 Å². The first-order valence-electron chi connectivity index (χ1n) is 8.12. The van der Waals surface area contributed by atoms with Gasteiger partial charge in [-0.3, -0.25) is 4.99 Å². The molecule has 128 valence electrons. The van der Waals surface area contributed by atoms with Gasteiger partial charge in [-0.1, -0.05) is 26.7 Å². The van der Waals surface area contributed by atoms with Crippen LogP contribution >= 0.6 is 35.3 Å². The fraction of sp³-hybridized carbons (Fsp3) is 0.750. The second-order valence-electron chi connectivity index (χ2n) is 5.32. The van der Waals surface area contributed by atoms with Crippen molar-refractivity contribution in [2.45, 2.75) is 53.4 Å². The van der Waals surface area contributed by atoms with Gasteiger partial charge in [-0.05, 0) is 26.2 Å². The zero-order chi connectivity index (χ0) is 15.5. The number of halogens is 1. The van der Waals surface area contributed by atoms with Gasteiger partial charge in [-0.25, -0.2) is 4.98 Å². The molecule has 0 atom stereocenters. The molecule has 1 aromatic rings. The van der Waals surface area contributed by atoms with Crippen LogP contribution in [0.25, 0.3) is 0 Å². The first-order chi connectivity index (χ1) is 10.2. The summed E-state index contributed by atoms with van der Waals surface area (Å²) in [4.78, 5) is 9.18. The van der Waals surface area contributed by atoms with E-state index in [2.05, 4.69) is 46.8 Å². The summed E-state index contributed by atoms with van der Waals surface area (Å²) in [6.07, 6.45) is 4.52. The third kappa shape index (κ3) is 8.92. The highest BCUT2D eigenvalue weighted by Gasteiger charge is 2.04. The molecule has 0 aliphatic rings. The maximum absolute atomic E-state index is 4.69. The molecule has 0 aliphatic carbocycles. The minimum absolute atomic E-state index is 0. The van der Waals surface area contributed by atoms with Crippen molar-refractivity contribution in [2.75, 3.05) is 19.6 Å². The van der Waals surface area contributed by atoms with Crippen molar-refractivity contribution in [1.29, 1.82) is 0 Å². The molecule has 0 spiro atoms. The van der Waals surface area contributed by atoms with Crippen LogP contribution in [0, 0.1) is 12.8 Å².